The van der Waals surface area contributed by atoms with Crippen molar-refractivity contribution >= 4 is 5.69 Å². The van der Waals surface area contributed by atoms with Crippen LogP contribution in [0.4, 0.5) is 14.5 Å². The molecule has 106 valence electrons. The van der Waals surface area contributed by atoms with Gasteiger partial charge in [0.2, 0.25) is 0 Å². The van der Waals surface area contributed by atoms with Crippen molar-refractivity contribution in [3.05, 3.63) is 59.2 Å². The molecule has 0 bridgehead atoms. The zero-order chi connectivity index (χ0) is 14.7. The fourth-order valence-corrected chi connectivity index (χ4v) is 2.02. The van der Waals surface area contributed by atoms with Gasteiger partial charge in [-0.25, -0.2) is 8.78 Å². The highest BCUT2D eigenvalue weighted by Gasteiger charge is 2.10. The Hall–Kier alpha value is -2.10. The summed E-state index contributed by atoms with van der Waals surface area (Å²) in [5.74, 6) is -0.411. The summed E-state index contributed by atoms with van der Waals surface area (Å²) in [7, 11) is 1.43. The standard InChI is InChI=1S/C16H17F2NO/c1-10-8-13(5-6-14(10)17)19-11(2)12-4-7-16(20-3)15(18)9-12/h4-9,11,19H,1-3H3. The first kappa shape index (κ1) is 14.3. The fourth-order valence-electron chi connectivity index (χ4n) is 2.02. The monoisotopic (exact) mass is 277 g/mol. The summed E-state index contributed by atoms with van der Waals surface area (Å²) in [6, 6.07) is 9.55. The molecular weight excluding hydrogens is 260 g/mol. The number of hydrogen-bond donors (Lipinski definition) is 1. The van der Waals surface area contributed by atoms with Gasteiger partial charge in [-0.05, 0) is 55.3 Å². The molecule has 0 radical (unpaired) electrons. The Morgan fingerprint density at radius 1 is 1.05 bits per heavy atom. The average Bonchev–Trinajstić information content (AvgIpc) is 2.42. The van der Waals surface area contributed by atoms with Gasteiger partial charge in [-0.15, -0.1) is 0 Å². The molecule has 2 aromatic rings. The second-order valence-corrected chi connectivity index (χ2v) is 4.72. The van der Waals surface area contributed by atoms with E-state index in [-0.39, 0.29) is 17.6 Å². The van der Waals surface area contributed by atoms with Crippen molar-refractivity contribution in [2.45, 2.75) is 19.9 Å². The van der Waals surface area contributed by atoms with E-state index in [0.29, 0.717) is 5.56 Å². The summed E-state index contributed by atoms with van der Waals surface area (Å²) < 4.78 is 31.8. The first-order valence-corrected chi connectivity index (χ1v) is 6.37. The molecule has 0 aromatic heterocycles. The van der Waals surface area contributed by atoms with Crippen LogP contribution in [0.2, 0.25) is 0 Å². The Kier molecular flexibility index (Phi) is 4.23. The maximum Gasteiger partial charge on any atom is 0.165 e. The minimum Gasteiger partial charge on any atom is -0.494 e. The Labute approximate surface area is 117 Å². The van der Waals surface area contributed by atoms with Gasteiger partial charge in [0.15, 0.2) is 11.6 Å². The number of halogens is 2. The number of benzene rings is 2. The van der Waals surface area contributed by atoms with Crippen molar-refractivity contribution in [3.8, 4) is 5.75 Å². The number of methoxy groups -OCH3 is 1. The molecule has 0 heterocycles. The van der Waals surface area contributed by atoms with Gasteiger partial charge in [0.25, 0.3) is 0 Å². The molecule has 0 saturated carbocycles. The van der Waals surface area contributed by atoms with E-state index < -0.39 is 5.82 Å². The first-order valence-electron chi connectivity index (χ1n) is 6.37. The Balaban J connectivity index is 2.17. The molecule has 2 nitrogen and oxygen atoms in total. The summed E-state index contributed by atoms with van der Waals surface area (Å²) in [5, 5.41) is 3.22. The molecule has 2 aromatic carbocycles. The zero-order valence-electron chi connectivity index (χ0n) is 11.7. The lowest BCUT2D eigenvalue weighted by Gasteiger charge is -2.17. The molecule has 0 saturated heterocycles. The Bertz CT molecular complexity index is 613. The highest BCUT2D eigenvalue weighted by Crippen LogP contribution is 2.25. The van der Waals surface area contributed by atoms with Crippen LogP contribution in [-0.2, 0) is 0 Å². The molecule has 0 fully saturated rings. The maximum atomic E-state index is 13.7. The zero-order valence-corrected chi connectivity index (χ0v) is 11.7. The predicted octanol–water partition coefficient (Wildman–Crippen LogP) is 4.45. The molecule has 4 heteroatoms. The molecule has 0 aliphatic carbocycles. The van der Waals surface area contributed by atoms with Gasteiger partial charge in [0.1, 0.15) is 5.82 Å². The van der Waals surface area contributed by atoms with E-state index >= 15 is 0 Å². The molecule has 1 unspecified atom stereocenters. The Morgan fingerprint density at radius 2 is 1.80 bits per heavy atom. The van der Waals surface area contributed by atoms with Crippen molar-refractivity contribution in [1.29, 1.82) is 0 Å². The van der Waals surface area contributed by atoms with Gasteiger partial charge in [-0.3, -0.25) is 0 Å². The van der Waals surface area contributed by atoms with Gasteiger partial charge in [0.05, 0.1) is 7.11 Å². The van der Waals surface area contributed by atoms with Crippen LogP contribution in [0.1, 0.15) is 24.1 Å². The number of rotatable bonds is 4. The molecule has 0 spiro atoms. The van der Waals surface area contributed by atoms with Crippen LogP contribution in [-0.4, -0.2) is 7.11 Å². The van der Waals surface area contributed by atoms with Crippen molar-refractivity contribution in [1.82, 2.24) is 0 Å². The SMILES string of the molecule is COc1ccc(C(C)Nc2ccc(F)c(C)c2)cc1F. The van der Waals surface area contributed by atoms with Crippen molar-refractivity contribution in [2.75, 3.05) is 12.4 Å². The van der Waals surface area contributed by atoms with E-state index in [9.17, 15) is 8.78 Å². The van der Waals surface area contributed by atoms with E-state index in [1.807, 2.05) is 6.92 Å². The average molecular weight is 277 g/mol. The normalized spacial score (nSPS) is 12.1. The largest absolute Gasteiger partial charge is 0.494 e. The van der Waals surface area contributed by atoms with Crippen molar-refractivity contribution < 1.29 is 13.5 Å². The van der Waals surface area contributed by atoms with E-state index in [1.165, 1.54) is 19.2 Å². The predicted molar refractivity (Wildman–Crippen MR) is 76.1 cm³/mol. The third kappa shape index (κ3) is 3.07. The van der Waals surface area contributed by atoms with E-state index in [4.69, 9.17) is 4.74 Å². The minimum atomic E-state index is -0.395. The van der Waals surface area contributed by atoms with Gasteiger partial charge in [-0.2, -0.15) is 0 Å². The highest BCUT2D eigenvalue weighted by atomic mass is 19.1. The first-order chi connectivity index (χ1) is 9.51. The Morgan fingerprint density at radius 3 is 2.40 bits per heavy atom. The van der Waals surface area contributed by atoms with E-state index in [1.54, 1.807) is 31.2 Å². The third-order valence-electron chi connectivity index (χ3n) is 3.22. The van der Waals surface area contributed by atoms with Crippen LogP contribution in [0.25, 0.3) is 0 Å². The van der Waals surface area contributed by atoms with Crippen LogP contribution in [0.15, 0.2) is 36.4 Å². The molecule has 20 heavy (non-hydrogen) atoms. The molecule has 0 amide bonds. The summed E-state index contributed by atoms with van der Waals surface area (Å²) in [6.07, 6.45) is 0. The minimum absolute atomic E-state index is 0.0970. The number of nitrogens with one attached hydrogen (secondary N) is 1. The third-order valence-corrected chi connectivity index (χ3v) is 3.22. The highest BCUT2D eigenvalue weighted by molar-refractivity contribution is 5.48. The lowest BCUT2D eigenvalue weighted by Crippen LogP contribution is -2.07. The number of anilines is 1. The van der Waals surface area contributed by atoms with Crippen LogP contribution >= 0.6 is 0 Å². The fraction of sp³-hybridized carbons (Fsp3) is 0.250. The van der Waals surface area contributed by atoms with Crippen LogP contribution in [0.3, 0.4) is 0 Å². The second-order valence-electron chi connectivity index (χ2n) is 4.72. The van der Waals surface area contributed by atoms with E-state index in [0.717, 1.165) is 11.3 Å². The van der Waals surface area contributed by atoms with Crippen LogP contribution < -0.4 is 10.1 Å². The van der Waals surface area contributed by atoms with E-state index in [2.05, 4.69) is 5.32 Å². The molecule has 0 aliphatic heterocycles. The lowest BCUT2D eigenvalue weighted by atomic mass is 10.1. The summed E-state index contributed by atoms with van der Waals surface area (Å²) in [5.41, 5.74) is 2.17. The topological polar surface area (TPSA) is 21.3 Å². The molecular formula is C16H17F2NO. The van der Waals surface area contributed by atoms with Gasteiger partial charge < -0.3 is 10.1 Å². The van der Waals surface area contributed by atoms with Gasteiger partial charge in [0, 0.05) is 11.7 Å². The molecule has 0 aliphatic rings. The van der Waals surface area contributed by atoms with Gasteiger partial charge in [-0.1, -0.05) is 6.07 Å². The van der Waals surface area contributed by atoms with Crippen molar-refractivity contribution in [2.24, 2.45) is 0 Å². The number of hydrogen-bond acceptors (Lipinski definition) is 2. The van der Waals surface area contributed by atoms with Crippen LogP contribution in [0, 0.1) is 18.6 Å². The lowest BCUT2D eigenvalue weighted by molar-refractivity contribution is 0.386. The summed E-state index contributed by atoms with van der Waals surface area (Å²) in [6.45, 7) is 3.62. The van der Waals surface area contributed by atoms with Crippen molar-refractivity contribution in [3.63, 3.8) is 0 Å². The summed E-state index contributed by atoms with van der Waals surface area (Å²) in [4.78, 5) is 0. The van der Waals surface area contributed by atoms with Gasteiger partial charge >= 0.3 is 0 Å². The summed E-state index contributed by atoms with van der Waals surface area (Å²) >= 11 is 0. The molecule has 1 N–H and O–H groups in total. The molecule has 1 atom stereocenters. The maximum absolute atomic E-state index is 13.7. The smallest absolute Gasteiger partial charge is 0.165 e. The van der Waals surface area contributed by atoms with Crippen LogP contribution in [0.5, 0.6) is 5.75 Å². The number of aryl methyl sites for hydroxylation is 1. The number of ether oxygens (including phenoxy) is 1. The second kappa shape index (κ2) is 5.90. The molecule has 2 rings (SSSR count). The quantitative estimate of drug-likeness (QED) is 0.891.